The molecule has 2 saturated heterocycles. The van der Waals surface area contributed by atoms with Crippen LogP contribution in [0.5, 0.6) is 0 Å². The number of hydrogen-bond acceptors (Lipinski definition) is 7. The normalized spacial score (nSPS) is 22.6. The van der Waals surface area contributed by atoms with Gasteiger partial charge in [-0.1, -0.05) is 0 Å². The summed E-state index contributed by atoms with van der Waals surface area (Å²) in [4.78, 5) is 44.1. The second kappa shape index (κ2) is 10.8. The molecule has 0 spiro atoms. The van der Waals surface area contributed by atoms with Gasteiger partial charge in [0, 0.05) is 51.5 Å². The minimum Gasteiger partial charge on any atom is -0.467 e. The van der Waals surface area contributed by atoms with Crippen LogP contribution in [0.15, 0.2) is 34.1 Å². The highest BCUT2D eigenvalue weighted by molar-refractivity contribution is 5.95. The Labute approximate surface area is 193 Å². The molecule has 4 rings (SSSR count). The van der Waals surface area contributed by atoms with Crippen LogP contribution in [0, 0.1) is 0 Å². The molecule has 0 radical (unpaired) electrons. The Morgan fingerprint density at radius 1 is 1.09 bits per heavy atom. The van der Waals surface area contributed by atoms with Crippen molar-refractivity contribution in [3.63, 3.8) is 0 Å². The van der Waals surface area contributed by atoms with Crippen LogP contribution in [0.25, 0.3) is 0 Å². The molecule has 10 nitrogen and oxygen atoms in total. The zero-order valence-electron chi connectivity index (χ0n) is 19.2. The van der Waals surface area contributed by atoms with Crippen LogP contribution < -0.4 is 10.6 Å². The maximum atomic E-state index is 12.8. The van der Waals surface area contributed by atoms with Gasteiger partial charge in [0.15, 0.2) is 0 Å². The number of nitrogens with one attached hydrogen (secondary N) is 2. The largest absolute Gasteiger partial charge is 0.467 e. The number of furan rings is 1. The summed E-state index contributed by atoms with van der Waals surface area (Å²) in [5.74, 6) is 0.209. The van der Waals surface area contributed by atoms with E-state index in [4.69, 9.17) is 9.15 Å². The SMILES string of the molecule is CCOC(=O)C1=C(CN2CCN(CC(=O)N3CCCCC3)CC2)NC(=O)NC1c1ccco1. The molecule has 1 unspecified atom stereocenters. The molecule has 3 aliphatic heterocycles. The van der Waals surface area contributed by atoms with E-state index < -0.39 is 12.0 Å². The molecule has 2 N–H and O–H groups in total. The first-order valence-electron chi connectivity index (χ1n) is 11.8. The van der Waals surface area contributed by atoms with Gasteiger partial charge >= 0.3 is 12.0 Å². The second-order valence-corrected chi connectivity index (χ2v) is 8.65. The molecule has 1 atom stereocenters. The Morgan fingerprint density at radius 2 is 1.82 bits per heavy atom. The lowest BCUT2D eigenvalue weighted by atomic mass is 9.99. The van der Waals surface area contributed by atoms with Gasteiger partial charge in [0.2, 0.25) is 5.91 Å². The van der Waals surface area contributed by atoms with E-state index in [-0.39, 0.29) is 18.5 Å². The highest BCUT2D eigenvalue weighted by atomic mass is 16.5. The molecule has 33 heavy (non-hydrogen) atoms. The molecule has 1 aromatic heterocycles. The van der Waals surface area contributed by atoms with Gasteiger partial charge in [0.25, 0.3) is 0 Å². The van der Waals surface area contributed by atoms with Crippen LogP contribution in [0.1, 0.15) is 38.0 Å². The fourth-order valence-electron chi connectivity index (χ4n) is 4.63. The third-order valence-corrected chi connectivity index (χ3v) is 6.39. The quantitative estimate of drug-likeness (QED) is 0.588. The molecule has 180 valence electrons. The van der Waals surface area contributed by atoms with Gasteiger partial charge in [-0.15, -0.1) is 0 Å². The number of ether oxygens (including phenoxy) is 1. The summed E-state index contributed by atoms with van der Waals surface area (Å²) >= 11 is 0. The summed E-state index contributed by atoms with van der Waals surface area (Å²) in [6.07, 6.45) is 4.91. The van der Waals surface area contributed by atoms with E-state index in [0.29, 0.717) is 30.1 Å². The van der Waals surface area contributed by atoms with E-state index in [0.717, 1.165) is 52.1 Å². The van der Waals surface area contributed by atoms with Crippen molar-refractivity contribution in [3.8, 4) is 0 Å². The predicted octanol–water partition coefficient (Wildman–Crippen LogP) is 1.08. The van der Waals surface area contributed by atoms with Gasteiger partial charge in [0.05, 0.1) is 25.0 Å². The fourth-order valence-corrected chi connectivity index (χ4v) is 4.63. The lowest BCUT2D eigenvalue weighted by Gasteiger charge is -2.37. The highest BCUT2D eigenvalue weighted by Gasteiger charge is 2.36. The Hall–Kier alpha value is -2.85. The van der Waals surface area contributed by atoms with E-state index in [2.05, 4.69) is 20.4 Å². The van der Waals surface area contributed by atoms with Crippen molar-refractivity contribution in [2.75, 3.05) is 59.0 Å². The highest BCUT2D eigenvalue weighted by Crippen LogP contribution is 2.28. The standard InChI is InChI=1S/C23H33N5O5/c1-2-32-22(30)20-17(24-23(31)25-21(20)18-7-6-14-33-18)15-26-10-12-27(13-11-26)16-19(29)28-8-4-3-5-9-28/h6-7,14,21H,2-5,8-13,15-16H2,1H3,(H2,24,25,31). The maximum Gasteiger partial charge on any atom is 0.338 e. The van der Waals surface area contributed by atoms with E-state index in [1.54, 1.807) is 19.1 Å². The minimum atomic E-state index is -0.703. The lowest BCUT2D eigenvalue weighted by molar-refractivity contribution is -0.139. The van der Waals surface area contributed by atoms with Gasteiger partial charge in [-0.3, -0.25) is 14.6 Å². The van der Waals surface area contributed by atoms with Crippen molar-refractivity contribution in [2.45, 2.75) is 32.2 Å². The molecule has 3 amide bonds. The van der Waals surface area contributed by atoms with Crippen LogP contribution in [-0.4, -0.2) is 91.6 Å². The molecule has 3 aliphatic rings. The average Bonchev–Trinajstić information content (AvgIpc) is 3.35. The van der Waals surface area contributed by atoms with E-state index >= 15 is 0 Å². The molecule has 1 aromatic rings. The molecule has 0 bridgehead atoms. The molecular formula is C23H33N5O5. The van der Waals surface area contributed by atoms with Crippen LogP contribution in [0.4, 0.5) is 4.79 Å². The van der Waals surface area contributed by atoms with Gasteiger partial charge in [-0.25, -0.2) is 9.59 Å². The van der Waals surface area contributed by atoms with Crippen molar-refractivity contribution in [3.05, 3.63) is 35.4 Å². The van der Waals surface area contributed by atoms with Crippen molar-refractivity contribution >= 4 is 17.9 Å². The lowest BCUT2D eigenvalue weighted by Crippen LogP contribution is -2.53. The summed E-state index contributed by atoms with van der Waals surface area (Å²) in [6, 6.07) is 2.36. The number of carbonyl (C=O) groups excluding carboxylic acids is 3. The van der Waals surface area contributed by atoms with Crippen LogP contribution in [0.3, 0.4) is 0 Å². The zero-order valence-corrected chi connectivity index (χ0v) is 19.2. The monoisotopic (exact) mass is 459 g/mol. The van der Waals surface area contributed by atoms with Crippen molar-refractivity contribution in [1.82, 2.24) is 25.3 Å². The van der Waals surface area contributed by atoms with Gasteiger partial charge in [0.1, 0.15) is 11.8 Å². The molecule has 0 aliphatic carbocycles. The number of likely N-dealkylation sites (tertiary alicyclic amines) is 1. The fraction of sp³-hybridized carbons (Fsp3) is 0.609. The van der Waals surface area contributed by atoms with Crippen molar-refractivity contribution < 1.29 is 23.5 Å². The molecule has 2 fully saturated rings. The number of carbonyl (C=O) groups is 3. The Bertz CT molecular complexity index is 870. The second-order valence-electron chi connectivity index (χ2n) is 8.65. The number of amides is 3. The Morgan fingerprint density at radius 3 is 2.48 bits per heavy atom. The van der Waals surface area contributed by atoms with E-state index in [1.165, 1.54) is 12.7 Å². The summed E-state index contributed by atoms with van der Waals surface area (Å²) in [5.41, 5.74) is 0.880. The first-order chi connectivity index (χ1) is 16.0. The Kier molecular flexibility index (Phi) is 7.66. The zero-order chi connectivity index (χ0) is 23.2. The van der Waals surface area contributed by atoms with Gasteiger partial charge in [-0.2, -0.15) is 0 Å². The molecule has 10 heteroatoms. The Balaban J connectivity index is 1.40. The number of piperazine rings is 1. The first kappa shape index (κ1) is 23.3. The van der Waals surface area contributed by atoms with Gasteiger partial charge < -0.3 is 24.7 Å². The smallest absolute Gasteiger partial charge is 0.338 e. The number of urea groups is 1. The number of rotatable bonds is 7. The topological polar surface area (TPSA) is 107 Å². The maximum absolute atomic E-state index is 12.8. The predicted molar refractivity (Wildman–Crippen MR) is 120 cm³/mol. The summed E-state index contributed by atoms with van der Waals surface area (Å²) < 4.78 is 10.8. The molecule has 4 heterocycles. The third-order valence-electron chi connectivity index (χ3n) is 6.39. The average molecular weight is 460 g/mol. The number of hydrogen-bond donors (Lipinski definition) is 2. The van der Waals surface area contributed by atoms with E-state index in [9.17, 15) is 14.4 Å². The number of nitrogens with zero attached hydrogens (tertiary/aromatic N) is 3. The number of piperidine rings is 1. The van der Waals surface area contributed by atoms with Crippen molar-refractivity contribution in [1.29, 1.82) is 0 Å². The summed E-state index contributed by atoms with van der Waals surface area (Å²) in [7, 11) is 0. The van der Waals surface area contributed by atoms with Gasteiger partial charge in [-0.05, 0) is 38.3 Å². The summed E-state index contributed by atoms with van der Waals surface area (Å²) in [6.45, 7) is 7.58. The van der Waals surface area contributed by atoms with Crippen LogP contribution in [-0.2, 0) is 14.3 Å². The third kappa shape index (κ3) is 5.75. The van der Waals surface area contributed by atoms with E-state index in [1.807, 2.05) is 4.90 Å². The summed E-state index contributed by atoms with van der Waals surface area (Å²) in [5, 5.41) is 5.57. The van der Waals surface area contributed by atoms with Crippen LogP contribution in [0.2, 0.25) is 0 Å². The first-order valence-corrected chi connectivity index (χ1v) is 11.8. The molecule has 0 aromatic carbocycles. The minimum absolute atomic E-state index is 0.211. The molecule has 0 saturated carbocycles. The van der Waals surface area contributed by atoms with Crippen LogP contribution >= 0.6 is 0 Å². The van der Waals surface area contributed by atoms with Crippen molar-refractivity contribution in [2.24, 2.45) is 0 Å². The molecular weight excluding hydrogens is 426 g/mol. The number of esters is 1.